The van der Waals surface area contributed by atoms with Gasteiger partial charge < -0.3 is 16.2 Å². The minimum absolute atomic E-state index is 0.139. The highest BCUT2D eigenvalue weighted by molar-refractivity contribution is 5.95. The zero-order chi connectivity index (χ0) is 15.5. The zero-order valence-corrected chi connectivity index (χ0v) is 12.1. The number of hydrogen-bond donors (Lipinski definition) is 3. The smallest absolute Gasteiger partial charge is 0.248 e. The Morgan fingerprint density at radius 1 is 1.38 bits per heavy atom. The lowest BCUT2D eigenvalue weighted by Crippen LogP contribution is -2.48. The molecule has 6 heteroatoms. The maximum absolute atomic E-state index is 12.0. The minimum atomic E-state index is -0.721. The Labute approximate surface area is 123 Å². The van der Waals surface area contributed by atoms with Gasteiger partial charge in [-0.05, 0) is 50.6 Å². The van der Waals surface area contributed by atoms with Crippen molar-refractivity contribution in [2.24, 2.45) is 5.73 Å². The van der Waals surface area contributed by atoms with Crippen LogP contribution in [0.1, 0.15) is 30.1 Å². The number of nitrogens with two attached hydrogens (primary N) is 1. The van der Waals surface area contributed by atoms with Crippen LogP contribution in [0.2, 0.25) is 0 Å². The van der Waals surface area contributed by atoms with Gasteiger partial charge in [0.1, 0.15) is 0 Å². The number of β-amino-alcohol motifs (C(OH)–C–C–N with tert-alkyl or cyclic N) is 1. The summed E-state index contributed by atoms with van der Waals surface area (Å²) in [4.78, 5) is 24.9. The van der Waals surface area contributed by atoms with Crippen molar-refractivity contribution in [2.45, 2.75) is 25.4 Å². The molecule has 2 amide bonds. The number of amides is 2. The molecule has 21 heavy (non-hydrogen) atoms. The molecule has 1 saturated heterocycles. The van der Waals surface area contributed by atoms with Crippen molar-refractivity contribution in [3.05, 3.63) is 29.8 Å². The van der Waals surface area contributed by atoms with Gasteiger partial charge in [-0.2, -0.15) is 0 Å². The molecule has 0 spiro atoms. The van der Waals surface area contributed by atoms with E-state index in [0.29, 0.717) is 17.8 Å². The lowest BCUT2D eigenvalue weighted by atomic mass is 9.95. The number of nitrogens with zero attached hydrogens (tertiary/aromatic N) is 1. The van der Waals surface area contributed by atoms with Crippen LogP contribution < -0.4 is 11.1 Å². The van der Waals surface area contributed by atoms with Crippen molar-refractivity contribution in [1.82, 2.24) is 4.90 Å². The summed E-state index contributed by atoms with van der Waals surface area (Å²) in [6.07, 6.45) is 1.65. The maximum Gasteiger partial charge on any atom is 0.248 e. The van der Waals surface area contributed by atoms with Crippen molar-refractivity contribution >= 4 is 17.5 Å². The SMILES string of the molecule is CC1(O)CCCN(CC(=O)Nc2ccc(C(N)=O)cc2)C1. The van der Waals surface area contributed by atoms with Gasteiger partial charge in [-0.3, -0.25) is 14.5 Å². The monoisotopic (exact) mass is 291 g/mol. The number of carbonyl (C=O) groups excluding carboxylic acids is 2. The number of piperidine rings is 1. The third-order valence-electron chi connectivity index (χ3n) is 3.57. The minimum Gasteiger partial charge on any atom is -0.389 e. The topological polar surface area (TPSA) is 95.7 Å². The van der Waals surface area contributed by atoms with E-state index in [-0.39, 0.29) is 12.5 Å². The van der Waals surface area contributed by atoms with E-state index in [2.05, 4.69) is 5.32 Å². The number of rotatable bonds is 4. The van der Waals surface area contributed by atoms with E-state index < -0.39 is 11.5 Å². The van der Waals surface area contributed by atoms with Crippen LogP contribution in [0.4, 0.5) is 5.69 Å². The molecule has 1 aliphatic heterocycles. The highest BCUT2D eigenvalue weighted by Crippen LogP contribution is 2.20. The Bertz CT molecular complexity index is 525. The van der Waals surface area contributed by atoms with Gasteiger partial charge in [-0.25, -0.2) is 0 Å². The van der Waals surface area contributed by atoms with Gasteiger partial charge in [-0.1, -0.05) is 0 Å². The summed E-state index contributed by atoms with van der Waals surface area (Å²) in [7, 11) is 0. The number of aliphatic hydroxyl groups is 1. The summed E-state index contributed by atoms with van der Waals surface area (Å²) in [6.45, 7) is 3.35. The van der Waals surface area contributed by atoms with Gasteiger partial charge in [-0.15, -0.1) is 0 Å². The first-order valence-electron chi connectivity index (χ1n) is 7.00. The molecule has 0 aliphatic carbocycles. The summed E-state index contributed by atoms with van der Waals surface area (Å²) in [5.41, 5.74) is 5.46. The quantitative estimate of drug-likeness (QED) is 0.755. The van der Waals surface area contributed by atoms with E-state index in [1.165, 1.54) is 0 Å². The molecule has 0 bridgehead atoms. The second-order valence-electron chi connectivity index (χ2n) is 5.80. The number of anilines is 1. The van der Waals surface area contributed by atoms with Gasteiger partial charge >= 0.3 is 0 Å². The van der Waals surface area contributed by atoms with Crippen LogP contribution in [0.5, 0.6) is 0 Å². The zero-order valence-electron chi connectivity index (χ0n) is 12.1. The molecule has 1 aliphatic rings. The first-order chi connectivity index (χ1) is 9.85. The fourth-order valence-electron chi connectivity index (χ4n) is 2.58. The standard InChI is InChI=1S/C15H21N3O3/c1-15(21)7-2-8-18(10-15)9-13(19)17-12-5-3-11(4-6-12)14(16)20/h3-6,21H,2,7-10H2,1H3,(H2,16,20)(H,17,19). The Hall–Kier alpha value is -1.92. The number of likely N-dealkylation sites (tertiary alicyclic amines) is 1. The summed E-state index contributed by atoms with van der Waals surface area (Å²) in [6, 6.07) is 6.43. The Kier molecular flexibility index (Phi) is 4.59. The molecule has 1 heterocycles. The molecule has 0 aromatic heterocycles. The fourth-order valence-corrected chi connectivity index (χ4v) is 2.58. The molecule has 1 unspecified atom stereocenters. The normalized spacial score (nSPS) is 22.8. The van der Waals surface area contributed by atoms with Gasteiger partial charge in [0.2, 0.25) is 11.8 Å². The average Bonchev–Trinajstić information content (AvgIpc) is 2.37. The summed E-state index contributed by atoms with van der Waals surface area (Å²) in [5, 5.41) is 12.8. The van der Waals surface area contributed by atoms with E-state index in [1.54, 1.807) is 31.2 Å². The van der Waals surface area contributed by atoms with E-state index in [9.17, 15) is 14.7 Å². The molecular formula is C15H21N3O3. The van der Waals surface area contributed by atoms with Crippen molar-refractivity contribution in [2.75, 3.05) is 25.0 Å². The summed E-state index contributed by atoms with van der Waals surface area (Å²) >= 11 is 0. The average molecular weight is 291 g/mol. The molecule has 114 valence electrons. The fraction of sp³-hybridized carbons (Fsp3) is 0.467. The molecule has 1 aromatic rings. The number of primary amides is 1. The van der Waals surface area contributed by atoms with Crippen LogP contribution in [-0.2, 0) is 4.79 Å². The lowest BCUT2D eigenvalue weighted by Gasteiger charge is -2.36. The number of hydrogen-bond acceptors (Lipinski definition) is 4. The van der Waals surface area contributed by atoms with Crippen LogP contribution in [-0.4, -0.2) is 47.1 Å². The predicted octanol–water partition coefficient (Wildman–Crippen LogP) is 0.571. The Morgan fingerprint density at radius 3 is 2.62 bits per heavy atom. The van der Waals surface area contributed by atoms with Crippen LogP contribution in [0, 0.1) is 0 Å². The van der Waals surface area contributed by atoms with Crippen LogP contribution >= 0.6 is 0 Å². The first-order valence-corrected chi connectivity index (χ1v) is 7.00. The van der Waals surface area contributed by atoms with Crippen molar-refractivity contribution in [1.29, 1.82) is 0 Å². The molecule has 4 N–H and O–H groups in total. The van der Waals surface area contributed by atoms with Gasteiger partial charge in [0.25, 0.3) is 0 Å². The molecule has 1 atom stereocenters. The molecule has 2 rings (SSSR count). The third kappa shape index (κ3) is 4.54. The first kappa shape index (κ1) is 15.5. The Balaban J connectivity index is 1.88. The molecule has 0 radical (unpaired) electrons. The summed E-state index contributed by atoms with van der Waals surface area (Å²) in [5.74, 6) is -0.636. The highest BCUT2D eigenvalue weighted by Gasteiger charge is 2.29. The molecular weight excluding hydrogens is 270 g/mol. The van der Waals surface area contributed by atoms with E-state index in [1.807, 2.05) is 4.90 Å². The highest BCUT2D eigenvalue weighted by atomic mass is 16.3. The van der Waals surface area contributed by atoms with Gasteiger partial charge in [0.15, 0.2) is 0 Å². The predicted molar refractivity (Wildman–Crippen MR) is 79.9 cm³/mol. The van der Waals surface area contributed by atoms with E-state index in [0.717, 1.165) is 19.4 Å². The number of benzene rings is 1. The van der Waals surface area contributed by atoms with Gasteiger partial charge in [0, 0.05) is 17.8 Å². The van der Waals surface area contributed by atoms with Crippen molar-refractivity contribution in [3.63, 3.8) is 0 Å². The molecule has 0 saturated carbocycles. The third-order valence-corrected chi connectivity index (χ3v) is 3.57. The van der Waals surface area contributed by atoms with Crippen LogP contribution in [0.25, 0.3) is 0 Å². The Morgan fingerprint density at radius 2 is 2.05 bits per heavy atom. The van der Waals surface area contributed by atoms with Crippen molar-refractivity contribution in [3.8, 4) is 0 Å². The van der Waals surface area contributed by atoms with E-state index in [4.69, 9.17) is 5.73 Å². The number of carbonyl (C=O) groups is 2. The van der Waals surface area contributed by atoms with Gasteiger partial charge in [0.05, 0.1) is 12.1 Å². The second-order valence-corrected chi connectivity index (χ2v) is 5.80. The number of nitrogens with one attached hydrogen (secondary N) is 1. The van der Waals surface area contributed by atoms with E-state index >= 15 is 0 Å². The van der Waals surface area contributed by atoms with Crippen LogP contribution in [0.15, 0.2) is 24.3 Å². The second kappa shape index (κ2) is 6.24. The largest absolute Gasteiger partial charge is 0.389 e. The maximum atomic E-state index is 12.0. The van der Waals surface area contributed by atoms with Crippen molar-refractivity contribution < 1.29 is 14.7 Å². The lowest BCUT2D eigenvalue weighted by molar-refractivity contribution is -0.118. The van der Waals surface area contributed by atoms with Crippen LogP contribution in [0.3, 0.4) is 0 Å². The molecule has 1 fully saturated rings. The molecule has 6 nitrogen and oxygen atoms in total. The summed E-state index contributed by atoms with van der Waals surface area (Å²) < 4.78 is 0. The molecule has 1 aromatic carbocycles.